The van der Waals surface area contributed by atoms with E-state index in [9.17, 15) is 5.11 Å². The normalized spacial score (nSPS) is 10.5. The molecule has 136 valence electrons. The van der Waals surface area contributed by atoms with Crippen LogP contribution in [0.4, 0.5) is 0 Å². The predicted molar refractivity (Wildman–Crippen MR) is 117 cm³/mol. The van der Waals surface area contributed by atoms with Crippen molar-refractivity contribution >= 4 is 11.1 Å². The highest BCUT2D eigenvalue weighted by atomic mass is 16.3. The van der Waals surface area contributed by atoms with E-state index in [4.69, 9.17) is 0 Å². The van der Waals surface area contributed by atoms with Gasteiger partial charge in [0.1, 0.15) is 0 Å². The Balaban J connectivity index is 2.05. The summed E-state index contributed by atoms with van der Waals surface area (Å²) in [6, 6.07) is 39.7. The number of rotatable bonds is 5. The van der Waals surface area contributed by atoms with Gasteiger partial charge in [-0.2, -0.15) is 0 Å². The van der Waals surface area contributed by atoms with Crippen molar-refractivity contribution in [1.82, 2.24) is 0 Å². The molecule has 0 aromatic heterocycles. The SMILES string of the molecule is OCc1ccc(C(=C(c2ccccc2)c2ccccc2)c2ccccc2)cc1. The first-order valence-corrected chi connectivity index (χ1v) is 9.47. The monoisotopic (exact) mass is 362 g/mol. The van der Waals surface area contributed by atoms with Crippen LogP contribution in [0.25, 0.3) is 11.1 Å². The summed E-state index contributed by atoms with van der Waals surface area (Å²) in [6.07, 6.45) is 0. The first kappa shape index (κ1) is 18.0. The smallest absolute Gasteiger partial charge is 0.0681 e. The molecule has 0 amide bonds. The van der Waals surface area contributed by atoms with Crippen LogP contribution in [0, 0.1) is 0 Å². The molecular weight excluding hydrogens is 340 g/mol. The van der Waals surface area contributed by atoms with Crippen molar-refractivity contribution in [3.63, 3.8) is 0 Å². The summed E-state index contributed by atoms with van der Waals surface area (Å²) in [5, 5.41) is 9.44. The third-order valence-electron chi connectivity index (χ3n) is 4.86. The average Bonchev–Trinajstić information content (AvgIpc) is 2.79. The van der Waals surface area contributed by atoms with Crippen LogP contribution in [0.5, 0.6) is 0 Å². The fourth-order valence-electron chi connectivity index (χ4n) is 3.50. The van der Waals surface area contributed by atoms with E-state index in [2.05, 4.69) is 84.9 Å². The molecule has 0 heterocycles. The predicted octanol–water partition coefficient (Wildman–Crippen LogP) is 6.19. The maximum atomic E-state index is 9.44. The number of aliphatic hydroxyl groups is 1. The minimum absolute atomic E-state index is 0.0505. The van der Waals surface area contributed by atoms with Crippen LogP contribution in [0.2, 0.25) is 0 Å². The van der Waals surface area contributed by atoms with Crippen LogP contribution in [0.1, 0.15) is 27.8 Å². The minimum atomic E-state index is 0.0505. The maximum absolute atomic E-state index is 9.44. The van der Waals surface area contributed by atoms with Gasteiger partial charge in [0.25, 0.3) is 0 Å². The van der Waals surface area contributed by atoms with E-state index < -0.39 is 0 Å². The molecule has 0 aliphatic rings. The lowest BCUT2D eigenvalue weighted by atomic mass is 9.85. The van der Waals surface area contributed by atoms with Crippen LogP contribution < -0.4 is 0 Å². The van der Waals surface area contributed by atoms with Crippen molar-refractivity contribution < 1.29 is 5.11 Å². The summed E-state index contributed by atoms with van der Waals surface area (Å²) in [4.78, 5) is 0. The Kier molecular flexibility index (Phi) is 5.46. The van der Waals surface area contributed by atoms with Gasteiger partial charge in [-0.05, 0) is 39.0 Å². The van der Waals surface area contributed by atoms with Gasteiger partial charge in [0.15, 0.2) is 0 Å². The van der Waals surface area contributed by atoms with E-state index in [1.807, 2.05) is 30.3 Å². The molecule has 1 heteroatoms. The number of hydrogen-bond donors (Lipinski definition) is 1. The molecule has 0 aliphatic carbocycles. The highest BCUT2D eigenvalue weighted by Crippen LogP contribution is 2.36. The van der Waals surface area contributed by atoms with Crippen molar-refractivity contribution in [1.29, 1.82) is 0 Å². The Morgan fingerprint density at radius 3 is 1.07 bits per heavy atom. The third-order valence-corrected chi connectivity index (χ3v) is 4.86. The zero-order chi connectivity index (χ0) is 19.2. The van der Waals surface area contributed by atoms with Crippen molar-refractivity contribution in [3.8, 4) is 0 Å². The second kappa shape index (κ2) is 8.51. The summed E-state index contributed by atoms with van der Waals surface area (Å²) in [5.41, 5.74) is 7.95. The Morgan fingerprint density at radius 2 is 0.750 bits per heavy atom. The molecule has 0 bridgehead atoms. The summed E-state index contributed by atoms with van der Waals surface area (Å²) in [5.74, 6) is 0. The standard InChI is InChI=1S/C27H22O/c28-20-21-16-18-25(19-17-21)27(24-14-8-3-9-15-24)26(22-10-4-1-5-11-22)23-12-6-2-7-13-23/h1-19,28H,20H2. The van der Waals surface area contributed by atoms with Gasteiger partial charge >= 0.3 is 0 Å². The Morgan fingerprint density at radius 1 is 0.429 bits per heavy atom. The molecule has 0 atom stereocenters. The first-order valence-electron chi connectivity index (χ1n) is 9.47. The van der Waals surface area contributed by atoms with Crippen LogP contribution >= 0.6 is 0 Å². The van der Waals surface area contributed by atoms with Crippen molar-refractivity contribution in [2.24, 2.45) is 0 Å². The molecule has 0 radical (unpaired) electrons. The van der Waals surface area contributed by atoms with E-state index in [0.29, 0.717) is 0 Å². The molecular formula is C27H22O. The maximum Gasteiger partial charge on any atom is 0.0681 e. The van der Waals surface area contributed by atoms with Gasteiger partial charge in [-0.1, -0.05) is 115 Å². The van der Waals surface area contributed by atoms with Gasteiger partial charge in [-0.3, -0.25) is 0 Å². The molecule has 1 nitrogen and oxygen atoms in total. The fourth-order valence-corrected chi connectivity index (χ4v) is 3.50. The van der Waals surface area contributed by atoms with Gasteiger partial charge in [0.2, 0.25) is 0 Å². The third kappa shape index (κ3) is 3.80. The second-order valence-corrected chi connectivity index (χ2v) is 6.70. The second-order valence-electron chi connectivity index (χ2n) is 6.70. The summed E-state index contributed by atoms with van der Waals surface area (Å²) < 4.78 is 0. The summed E-state index contributed by atoms with van der Waals surface area (Å²) >= 11 is 0. The van der Waals surface area contributed by atoms with Gasteiger partial charge < -0.3 is 5.11 Å². The molecule has 0 unspecified atom stereocenters. The quantitative estimate of drug-likeness (QED) is 0.420. The summed E-state index contributed by atoms with van der Waals surface area (Å²) in [7, 11) is 0. The molecule has 1 N–H and O–H groups in total. The van der Waals surface area contributed by atoms with Crippen LogP contribution in [-0.4, -0.2) is 5.11 Å². The Bertz CT molecular complexity index is 1010. The Hall–Kier alpha value is -3.42. The van der Waals surface area contributed by atoms with Crippen LogP contribution in [0.3, 0.4) is 0 Å². The average molecular weight is 362 g/mol. The van der Waals surface area contributed by atoms with Gasteiger partial charge in [-0.15, -0.1) is 0 Å². The zero-order valence-electron chi connectivity index (χ0n) is 15.6. The highest BCUT2D eigenvalue weighted by molar-refractivity contribution is 6.04. The molecule has 0 spiro atoms. The fraction of sp³-hybridized carbons (Fsp3) is 0.0370. The van der Waals surface area contributed by atoms with E-state index in [-0.39, 0.29) is 6.61 Å². The molecule has 4 aromatic carbocycles. The molecule has 0 aliphatic heterocycles. The molecule has 0 saturated heterocycles. The van der Waals surface area contributed by atoms with E-state index in [1.54, 1.807) is 0 Å². The lowest BCUT2D eigenvalue weighted by molar-refractivity contribution is 0.282. The highest BCUT2D eigenvalue weighted by Gasteiger charge is 2.15. The first-order chi connectivity index (χ1) is 13.9. The summed E-state index contributed by atoms with van der Waals surface area (Å²) in [6.45, 7) is 0.0505. The largest absolute Gasteiger partial charge is 0.392 e. The van der Waals surface area contributed by atoms with Crippen molar-refractivity contribution in [2.45, 2.75) is 6.61 Å². The van der Waals surface area contributed by atoms with E-state index >= 15 is 0 Å². The van der Waals surface area contributed by atoms with Crippen molar-refractivity contribution in [2.75, 3.05) is 0 Å². The van der Waals surface area contributed by atoms with E-state index in [0.717, 1.165) is 11.1 Å². The number of aliphatic hydroxyl groups excluding tert-OH is 1. The number of hydrogen-bond acceptors (Lipinski definition) is 1. The molecule has 4 rings (SSSR count). The lowest BCUT2D eigenvalue weighted by Crippen LogP contribution is -1.97. The Labute approximate surface area is 166 Å². The molecule has 4 aromatic rings. The molecule has 0 fully saturated rings. The lowest BCUT2D eigenvalue weighted by Gasteiger charge is -2.18. The zero-order valence-corrected chi connectivity index (χ0v) is 15.6. The van der Waals surface area contributed by atoms with E-state index in [1.165, 1.54) is 27.8 Å². The number of benzene rings is 4. The van der Waals surface area contributed by atoms with Gasteiger partial charge in [0.05, 0.1) is 6.61 Å². The molecule has 0 saturated carbocycles. The van der Waals surface area contributed by atoms with Crippen LogP contribution in [0.15, 0.2) is 115 Å². The topological polar surface area (TPSA) is 20.2 Å². The molecule has 28 heavy (non-hydrogen) atoms. The van der Waals surface area contributed by atoms with Gasteiger partial charge in [0, 0.05) is 0 Å². The van der Waals surface area contributed by atoms with Gasteiger partial charge in [-0.25, -0.2) is 0 Å². The van der Waals surface area contributed by atoms with Crippen molar-refractivity contribution in [3.05, 3.63) is 143 Å². The van der Waals surface area contributed by atoms with Crippen LogP contribution in [-0.2, 0) is 6.61 Å². The minimum Gasteiger partial charge on any atom is -0.392 e.